The lowest BCUT2D eigenvalue weighted by Crippen LogP contribution is -2.33. The van der Waals surface area contributed by atoms with E-state index in [9.17, 15) is 14.0 Å². The molecule has 0 atom stereocenters. The van der Waals surface area contributed by atoms with Gasteiger partial charge in [-0.25, -0.2) is 4.39 Å². The number of esters is 1. The van der Waals surface area contributed by atoms with Gasteiger partial charge in [0.05, 0.1) is 18.6 Å². The Hall–Kier alpha value is -2.28. The van der Waals surface area contributed by atoms with Crippen LogP contribution in [0.5, 0.6) is 0 Å². The number of carbonyl (C=O) groups excluding carboxylic acids is 2. The van der Waals surface area contributed by atoms with E-state index in [0.717, 1.165) is 5.56 Å². The van der Waals surface area contributed by atoms with Crippen molar-refractivity contribution in [2.24, 2.45) is 0 Å². The van der Waals surface area contributed by atoms with Crippen LogP contribution in [0.15, 0.2) is 47.2 Å². The second-order valence-electron chi connectivity index (χ2n) is 5.27. The van der Waals surface area contributed by atoms with Crippen LogP contribution in [-0.2, 0) is 16.1 Å². The van der Waals surface area contributed by atoms with Crippen LogP contribution < -0.4 is 0 Å². The number of aromatic nitrogens is 1. The zero-order chi connectivity index (χ0) is 18.2. The van der Waals surface area contributed by atoms with Crippen LogP contribution in [0.25, 0.3) is 0 Å². The Balaban J connectivity index is 2.21. The largest absolute Gasteiger partial charge is 0.466 e. The molecular weight excluding hydrogens is 391 g/mol. The molecule has 0 unspecified atom stereocenters. The van der Waals surface area contributed by atoms with E-state index in [2.05, 4.69) is 20.9 Å². The topological polar surface area (TPSA) is 59.5 Å². The lowest BCUT2D eigenvalue weighted by Gasteiger charge is -2.23. The Labute approximate surface area is 153 Å². The molecule has 25 heavy (non-hydrogen) atoms. The first-order valence-corrected chi connectivity index (χ1v) is 8.59. The molecule has 7 heteroatoms. The molecule has 2 aromatic rings. The Morgan fingerprint density at radius 1 is 1.32 bits per heavy atom. The minimum Gasteiger partial charge on any atom is -0.466 e. The van der Waals surface area contributed by atoms with Gasteiger partial charge in [0.25, 0.3) is 5.91 Å². The van der Waals surface area contributed by atoms with E-state index in [4.69, 9.17) is 4.74 Å². The van der Waals surface area contributed by atoms with Crippen molar-refractivity contribution < 1.29 is 18.7 Å². The summed E-state index contributed by atoms with van der Waals surface area (Å²) in [5.74, 6) is -1.51. The fraction of sp³-hybridized carbons (Fsp3) is 0.278. The molecule has 0 spiro atoms. The number of rotatable bonds is 7. The van der Waals surface area contributed by atoms with E-state index in [1.165, 1.54) is 23.1 Å². The predicted molar refractivity (Wildman–Crippen MR) is 94.3 cm³/mol. The van der Waals surface area contributed by atoms with Crippen LogP contribution in [0.1, 0.15) is 29.3 Å². The normalized spacial score (nSPS) is 10.4. The molecule has 5 nitrogen and oxygen atoms in total. The molecule has 0 aliphatic heterocycles. The molecule has 2 rings (SSSR count). The fourth-order valence-electron chi connectivity index (χ4n) is 2.26. The molecule has 1 heterocycles. The first-order chi connectivity index (χ1) is 12.0. The van der Waals surface area contributed by atoms with Gasteiger partial charge in [-0.15, -0.1) is 0 Å². The van der Waals surface area contributed by atoms with Crippen molar-refractivity contribution in [3.63, 3.8) is 0 Å². The van der Waals surface area contributed by atoms with Crippen molar-refractivity contribution >= 4 is 27.8 Å². The zero-order valence-corrected chi connectivity index (χ0v) is 15.3. The summed E-state index contributed by atoms with van der Waals surface area (Å²) in [6, 6.07) is 7.75. The molecule has 132 valence electrons. The van der Waals surface area contributed by atoms with Gasteiger partial charge in [0.15, 0.2) is 0 Å². The Morgan fingerprint density at radius 2 is 2.12 bits per heavy atom. The molecule has 0 saturated heterocycles. The van der Waals surface area contributed by atoms with Crippen molar-refractivity contribution in [3.05, 3.63) is 64.1 Å². The van der Waals surface area contributed by atoms with E-state index >= 15 is 0 Å². The van der Waals surface area contributed by atoms with Gasteiger partial charge in [-0.3, -0.25) is 14.6 Å². The average molecular weight is 409 g/mol. The van der Waals surface area contributed by atoms with Gasteiger partial charge in [-0.1, -0.05) is 22.0 Å². The highest BCUT2D eigenvalue weighted by molar-refractivity contribution is 9.10. The summed E-state index contributed by atoms with van der Waals surface area (Å²) < 4.78 is 19.6. The van der Waals surface area contributed by atoms with Crippen LogP contribution in [0.2, 0.25) is 0 Å². The molecule has 0 radical (unpaired) electrons. The quantitative estimate of drug-likeness (QED) is 0.656. The van der Waals surface area contributed by atoms with Gasteiger partial charge < -0.3 is 9.64 Å². The second kappa shape index (κ2) is 9.27. The van der Waals surface area contributed by atoms with E-state index < -0.39 is 17.7 Å². The van der Waals surface area contributed by atoms with Gasteiger partial charge in [-0.2, -0.15) is 0 Å². The molecule has 0 N–H and O–H groups in total. The monoisotopic (exact) mass is 408 g/mol. The molecule has 1 amide bonds. The molecule has 1 aromatic heterocycles. The number of benzene rings is 1. The number of pyridine rings is 1. The van der Waals surface area contributed by atoms with Crippen LogP contribution in [-0.4, -0.2) is 34.9 Å². The Morgan fingerprint density at radius 3 is 2.80 bits per heavy atom. The highest BCUT2D eigenvalue weighted by Crippen LogP contribution is 2.18. The van der Waals surface area contributed by atoms with E-state index in [1.807, 2.05) is 6.07 Å². The van der Waals surface area contributed by atoms with Gasteiger partial charge in [0.1, 0.15) is 5.82 Å². The summed E-state index contributed by atoms with van der Waals surface area (Å²) in [5, 5.41) is 0. The third kappa shape index (κ3) is 5.63. The summed E-state index contributed by atoms with van der Waals surface area (Å²) in [7, 11) is 0. The summed E-state index contributed by atoms with van der Waals surface area (Å²) in [4.78, 5) is 29.8. The summed E-state index contributed by atoms with van der Waals surface area (Å²) >= 11 is 3.24. The predicted octanol–water partition coefficient (Wildman–Crippen LogP) is 3.58. The van der Waals surface area contributed by atoms with E-state index in [1.54, 1.807) is 25.4 Å². The van der Waals surface area contributed by atoms with Gasteiger partial charge in [0.2, 0.25) is 0 Å². The minimum atomic E-state index is -0.611. The summed E-state index contributed by atoms with van der Waals surface area (Å²) in [5.41, 5.74) is 0.734. The number of amides is 1. The molecule has 0 saturated carbocycles. The third-order valence-corrected chi connectivity index (χ3v) is 3.93. The maximum Gasteiger partial charge on any atom is 0.307 e. The first-order valence-electron chi connectivity index (χ1n) is 7.80. The molecular formula is C18H18BrFN2O3. The highest BCUT2D eigenvalue weighted by atomic mass is 79.9. The number of halogens is 2. The lowest BCUT2D eigenvalue weighted by molar-refractivity contribution is -0.143. The minimum absolute atomic E-state index is 0.0372. The van der Waals surface area contributed by atoms with E-state index in [-0.39, 0.29) is 31.7 Å². The van der Waals surface area contributed by atoms with Gasteiger partial charge in [-0.05, 0) is 36.8 Å². The lowest BCUT2D eigenvalue weighted by atomic mass is 10.1. The Bertz CT molecular complexity index is 740. The standard InChI is InChI=1S/C18H18BrFN2O3/c1-2-25-17(23)7-9-22(12-13-4-3-8-21-11-13)18(24)15-10-14(19)5-6-16(15)20/h3-6,8,10-11H,2,7,9,12H2,1H3. The Kier molecular flexibility index (Phi) is 7.06. The number of hydrogen-bond acceptors (Lipinski definition) is 4. The number of nitrogens with zero attached hydrogens (tertiary/aromatic N) is 2. The van der Waals surface area contributed by atoms with Crippen LogP contribution in [0, 0.1) is 5.82 Å². The maximum atomic E-state index is 14.1. The number of ether oxygens (including phenoxy) is 1. The molecule has 1 aromatic carbocycles. The van der Waals surface area contributed by atoms with Crippen molar-refractivity contribution in [2.45, 2.75) is 19.9 Å². The van der Waals surface area contributed by atoms with Crippen LogP contribution >= 0.6 is 15.9 Å². The second-order valence-corrected chi connectivity index (χ2v) is 6.18. The summed E-state index contributed by atoms with van der Waals surface area (Å²) in [6.45, 7) is 2.33. The molecule has 0 aliphatic rings. The van der Waals surface area contributed by atoms with Crippen molar-refractivity contribution in [1.82, 2.24) is 9.88 Å². The first kappa shape index (κ1) is 19.1. The number of carbonyl (C=O) groups is 2. The van der Waals surface area contributed by atoms with Gasteiger partial charge in [0, 0.05) is 30.0 Å². The number of hydrogen-bond donors (Lipinski definition) is 0. The van der Waals surface area contributed by atoms with Crippen molar-refractivity contribution in [2.75, 3.05) is 13.2 Å². The third-order valence-electron chi connectivity index (χ3n) is 3.43. The molecule has 0 bridgehead atoms. The van der Waals surface area contributed by atoms with Crippen LogP contribution in [0.3, 0.4) is 0 Å². The van der Waals surface area contributed by atoms with Crippen LogP contribution in [0.4, 0.5) is 4.39 Å². The van der Waals surface area contributed by atoms with Crippen molar-refractivity contribution in [3.8, 4) is 0 Å². The van der Waals surface area contributed by atoms with Gasteiger partial charge >= 0.3 is 5.97 Å². The van der Waals surface area contributed by atoms with E-state index in [0.29, 0.717) is 4.47 Å². The highest BCUT2D eigenvalue weighted by Gasteiger charge is 2.21. The molecule has 0 fully saturated rings. The molecule has 0 aliphatic carbocycles. The summed E-state index contributed by atoms with van der Waals surface area (Å²) in [6.07, 6.45) is 3.29. The average Bonchev–Trinajstić information content (AvgIpc) is 2.61. The SMILES string of the molecule is CCOC(=O)CCN(Cc1cccnc1)C(=O)c1cc(Br)ccc1F. The maximum absolute atomic E-state index is 14.1. The van der Waals surface area contributed by atoms with Crippen molar-refractivity contribution in [1.29, 1.82) is 0 Å². The smallest absolute Gasteiger partial charge is 0.307 e. The zero-order valence-electron chi connectivity index (χ0n) is 13.7. The fourth-order valence-corrected chi connectivity index (χ4v) is 2.62.